The Balaban J connectivity index is 2.02. The number of phenols is 1. The average molecular weight is 268 g/mol. The van der Waals surface area contributed by atoms with E-state index in [0.717, 1.165) is 6.07 Å². The van der Waals surface area contributed by atoms with Gasteiger partial charge in [0.05, 0.1) is 5.69 Å². The van der Waals surface area contributed by atoms with Gasteiger partial charge in [-0.2, -0.15) is 0 Å². The summed E-state index contributed by atoms with van der Waals surface area (Å²) in [6.07, 6.45) is -0.250. The fourth-order valence-corrected chi connectivity index (χ4v) is 2.36. The molecule has 1 amide bonds. The molecule has 1 saturated heterocycles. The van der Waals surface area contributed by atoms with Crippen molar-refractivity contribution >= 4 is 11.8 Å². The second-order valence-corrected chi connectivity index (χ2v) is 4.91. The number of piperidine rings is 1. The molecule has 1 aliphatic heterocycles. The highest BCUT2D eigenvalue weighted by molar-refractivity contribution is 5.65. The number of phenolic OH excluding ortho intramolecular Hbond substituents is 1. The first kappa shape index (κ1) is 13.5. The van der Waals surface area contributed by atoms with Crippen LogP contribution in [0.1, 0.15) is 13.3 Å². The van der Waals surface area contributed by atoms with Gasteiger partial charge in [0.25, 0.3) is 0 Å². The van der Waals surface area contributed by atoms with E-state index in [-0.39, 0.29) is 17.7 Å². The summed E-state index contributed by atoms with van der Waals surface area (Å²) >= 11 is 0. The van der Waals surface area contributed by atoms with Crippen molar-refractivity contribution in [3.8, 4) is 5.75 Å². The van der Waals surface area contributed by atoms with Crippen molar-refractivity contribution in [3.05, 3.63) is 24.0 Å². The van der Waals surface area contributed by atoms with Crippen molar-refractivity contribution in [1.82, 2.24) is 4.90 Å². The van der Waals surface area contributed by atoms with Crippen LogP contribution in [0.5, 0.6) is 5.75 Å². The van der Waals surface area contributed by atoms with E-state index >= 15 is 0 Å². The standard InChI is InChI=1S/C13H17FN2O3/c1-8-7-16(13(18)19)5-4-10(8)15-11-3-2-9(14)6-12(11)17/h2-3,6,8,10,15,17H,4-5,7H2,1H3,(H,18,19)/t8-,10+/m0/s1. The molecule has 104 valence electrons. The zero-order chi connectivity index (χ0) is 14.0. The molecular weight excluding hydrogens is 251 g/mol. The molecule has 0 saturated carbocycles. The summed E-state index contributed by atoms with van der Waals surface area (Å²) in [5.74, 6) is -0.501. The summed E-state index contributed by atoms with van der Waals surface area (Å²) in [5, 5.41) is 21.7. The Morgan fingerprint density at radius 1 is 1.53 bits per heavy atom. The fraction of sp³-hybridized carbons (Fsp3) is 0.462. The van der Waals surface area contributed by atoms with E-state index in [9.17, 15) is 14.3 Å². The summed E-state index contributed by atoms with van der Waals surface area (Å²) in [4.78, 5) is 12.3. The molecule has 1 heterocycles. The Morgan fingerprint density at radius 3 is 2.84 bits per heavy atom. The van der Waals surface area contributed by atoms with Crippen LogP contribution in [0.2, 0.25) is 0 Å². The smallest absolute Gasteiger partial charge is 0.407 e. The lowest BCUT2D eigenvalue weighted by Crippen LogP contribution is -2.47. The predicted molar refractivity (Wildman–Crippen MR) is 68.9 cm³/mol. The Bertz CT molecular complexity index is 481. The van der Waals surface area contributed by atoms with Crippen LogP contribution in [0.25, 0.3) is 0 Å². The van der Waals surface area contributed by atoms with Crippen LogP contribution in [-0.4, -0.2) is 40.3 Å². The van der Waals surface area contributed by atoms with Gasteiger partial charge >= 0.3 is 6.09 Å². The maximum absolute atomic E-state index is 12.9. The Labute approximate surface area is 110 Å². The van der Waals surface area contributed by atoms with Gasteiger partial charge < -0.3 is 20.4 Å². The minimum Gasteiger partial charge on any atom is -0.506 e. The summed E-state index contributed by atoms with van der Waals surface area (Å²) in [6, 6.07) is 3.88. The maximum atomic E-state index is 12.9. The van der Waals surface area contributed by atoms with E-state index < -0.39 is 11.9 Å². The van der Waals surface area contributed by atoms with Crippen LogP contribution in [0.4, 0.5) is 14.9 Å². The molecule has 3 N–H and O–H groups in total. The van der Waals surface area contributed by atoms with E-state index in [0.29, 0.717) is 25.2 Å². The number of carbonyl (C=O) groups is 1. The van der Waals surface area contributed by atoms with Gasteiger partial charge in [0, 0.05) is 25.2 Å². The van der Waals surface area contributed by atoms with Gasteiger partial charge in [-0.25, -0.2) is 9.18 Å². The first-order valence-corrected chi connectivity index (χ1v) is 6.20. The lowest BCUT2D eigenvalue weighted by atomic mass is 9.94. The molecule has 0 spiro atoms. The average Bonchev–Trinajstić information content (AvgIpc) is 2.34. The van der Waals surface area contributed by atoms with Crippen LogP contribution in [0, 0.1) is 11.7 Å². The van der Waals surface area contributed by atoms with Crippen molar-refractivity contribution < 1.29 is 19.4 Å². The van der Waals surface area contributed by atoms with Gasteiger partial charge in [0.2, 0.25) is 0 Å². The molecular formula is C13H17FN2O3. The van der Waals surface area contributed by atoms with E-state index in [1.807, 2.05) is 6.92 Å². The van der Waals surface area contributed by atoms with E-state index in [4.69, 9.17) is 5.11 Å². The molecule has 2 rings (SSSR count). The zero-order valence-electron chi connectivity index (χ0n) is 10.6. The lowest BCUT2D eigenvalue weighted by molar-refractivity contribution is 0.119. The molecule has 1 aromatic rings. The second-order valence-electron chi connectivity index (χ2n) is 4.91. The molecule has 19 heavy (non-hydrogen) atoms. The largest absolute Gasteiger partial charge is 0.506 e. The van der Waals surface area contributed by atoms with Crippen LogP contribution in [0.15, 0.2) is 18.2 Å². The predicted octanol–water partition coefficient (Wildman–Crippen LogP) is 2.33. The van der Waals surface area contributed by atoms with Crippen LogP contribution in [-0.2, 0) is 0 Å². The van der Waals surface area contributed by atoms with Gasteiger partial charge in [0.1, 0.15) is 11.6 Å². The topological polar surface area (TPSA) is 72.8 Å². The highest BCUT2D eigenvalue weighted by atomic mass is 19.1. The molecule has 0 radical (unpaired) electrons. The van der Waals surface area contributed by atoms with E-state index in [1.165, 1.54) is 17.0 Å². The molecule has 0 aromatic heterocycles. The Hall–Kier alpha value is -1.98. The summed E-state index contributed by atoms with van der Waals surface area (Å²) in [6.45, 7) is 2.86. The molecule has 5 nitrogen and oxygen atoms in total. The number of nitrogens with zero attached hydrogens (tertiary/aromatic N) is 1. The number of carboxylic acid groups (broad SMARTS) is 1. The Morgan fingerprint density at radius 2 is 2.26 bits per heavy atom. The number of likely N-dealkylation sites (tertiary alicyclic amines) is 1. The summed E-state index contributed by atoms with van der Waals surface area (Å²) in [5.41, 5.74) is 0.474. The van der Waals surface area contributed by atoms with Crippen molar-refractivity contribution in [2.45, 2.75) is 19.4 Å². The molecule has 1 aromatic carbocycles. The third kappa shape index (κ3) is 3.07. The van der Waals surface area contributed by atoms with E-state index in [2.05, 4.69) is 5.32 Å². The van der Waals surface area contributed by atoms with Crippen molar-refractivity contribution in [2.24, 2.45) is 5.92 Å². The van der Waals surface area contributed by atoms with E-state index in [1.54, 1.807) is 0 Å². The first-order valence-electron chi connectivity index (χ1n) is 6.20. The van der Waals surface area contributed by atoms with Gasteiger partial charge in [-0.05, 0) is 24.5 Å². The van der Waals surface area contributed by atoms with Crippen LogP contribution in [0.3, 0.4) is 0 Å². The summed E-state index contributed by atoms with van der Waals surface area (Å²) in [7, 11) is 0. The SMILES string of the molecule is C[C@H]1CN(C(=O)O)CC[C@H]1Nc1ccc(F)cc1O. The fourth-order valence-electron chi connectivity index (χ4n) is 2.36. The van der Waals surface area contributed by atoms with Gasteiger partial charge in [-0.1, -0.05) is 6.92 Å². The monoisotopic (exact) mass is 268 g/mol. The molecule has 6 heteroatoms. The number of hydrogen-bond donors (Lipinski definition) is 3. The van der Waals surface area contributed by atoms with Gasteiger partial charge in [-0.15, -0.1) is 0 Å². The molecule has 1 fully saturated rings. The quantitative estimate of drug-likeness (QED) is 0.720. The molecule has 1 aliphatic rings. The number of hydrogen-bond acceptors (Lipinski definition) is 3. The maximum Gasteiger partial charge on any atom is 0.407 e. The highest BCUT2D eigenvalue weighted by Gasteiger charge is 2.28. The second kappa shape index (κ2) is 5.34. The summed E-state index contributed by atoms with van der Waals surface area (Å²) < 4.78 is 12.9. The minimum atomic E-state index is -0.907. The van der Waals surface area contributed by atoms with Crippen LogP contribution >= 0.6 is 0 Å². The normalized spacial score (nSPS) is 23.2. The highest BCUT2D eigenvalue weighted by Crippen LogP contribution is 2.28. The van der Waals surface area contributed by atoms with Crippen molar-refractivity contribution in [3.63, 3.8) is 0 Å². The molecule has 2 atom stereocenters. The minimum absolute atomic E-state index is 0.0620. The number of anilines is 1. The first-order chi connectivity index (χ1) is 8.97. The number of benzene rings is 1. The zero-order valence-corrected chi connectivity index (χ0v) is 10.6. The molecule has 0 bridgehead atoms. The number of rotatable bonds is 2. The van der Waals surface area contributed by atoms with Gasteiger partial charge in [0.15, 0.2) is 0 Å². The number of aromatic hydroxyl groups is 1. The third-order valence-electron chi connectivity index (χ3n) is 3.48. The third-order valence-corrected chi connectivity index (χ3v) is 3.48. The van der Waals surface area contributed by atoms with Gasteiger partial charge in [-0.3, -0.25) is 0 Å². The van der Waals surface area contributed by atoms with Crippen molar-refractivity contribution in [1.29, 1.82) is 0 Å². The number of amides is 1. The number of halogens is 1. The lowest BCUT2D eigenvalue weighted by Gasteiger charge is -2.36. The van der Waals surface area contributed by atoms with Crippen LogP contribution < -0.4 is 5.32 Å². The molecule has 0 unspecified atom stereocenters. The number of nitrogens with one attached hydrogen (secondary N) is 1. The molecule has 0 aliphatic carbocycles. The Kier molecular flexibility index (Phi) is 3.78. The van der Waals surface area contributed by atoms with Crippen molar-refractivity contribution in [2.75, 3.05) is 18.4 Å².